The molecule has 0 fully saturated rings. The monoisotopic (exact) mass is 393 g/mol. The van der Waals surface area contributed by atoms with Gasteiger partial charge < -0.3 is 15.0 Å². The fourth-order valence-electron chi connectivity index (χ4n) is 3.12. The fourth-order valence-corrected chi connectivity index (χ4v) is 3.12. The van der Waals surface area contributed by atoms with Crippen LogP contribution in [0.4, 0.5) is 5.69 Å². The van der Waals surface area contributed by atoms with Crippen LogP contribution in [-0.2, 0) is 20.6 Å². The summed E-state index contributed by atoms with van der Waals surface area (Å²) in [7, 11) is 2.96. The lowest BCUT2D eigenvalue weighted by molar-refractivity contribution is 0.183. The van der Waals surface area contributed by atoms with E-state index >= 15 is 0 Å². The molecule has 10 nitrogen and oxygen atoms in total. The predicted molar refractivity (Wildman–Crippen MR) is 107 cm³/mol. The maximum Gasteiger partial charge on any atom is 0.332 e. The standard InChI is InChI=1S/C19H19N7O3/c1-24-17-15(18(28)25(2)19(24)29)26(11-22-17)10-14(27)23-13-6-4-12(5-7-13)16-20-8-3-9-21-16/h3-9,11,14,23,27H,10H2,1-2H3. The van der Waals surface area contributed by atoms with E-state index in [-0.39, 0.29) is 17.7 Å². The number of aryl methyl sites for hydroxylation is 1. The van der Waals surface area contributed by atoms with Gasteiger partial charge in [-0.2, -0.15) is 0 Å². The molecule has 0 radical (unpaired) electrons. The molecule has 3 aromatic heterocycles. The smallest absolute Gasteiger partial charge is 0.332 e. The number of fused-ring (bicyclic) bond motifs is 1. The molecule has 0 saturated heterocycles. The normalized spacial score (nSPS) is 12.2. The molecule has 3 heterocycles. The van der Waals surface area contributed by atoms with Crippen LogP contribution in [0.5, 0.6) is 0 Å². The van der Waals surface area contributed by atoms with Crippen LogP contribution in [0.25, 0.3) is 22.6 Å². The highest BCUT2D eigenvalue weighted by Crippen LogP contribution is 2.18. The number of aliphatic hydroxyl groups excluding tert-OH is 1. The summed E-state index contributed by atoms with van der Waals surface area (Å²) in [6.45, 7) is 0.0769. The highest BCUT2D eigenvalue weighted by molar-refractivity contribution is 5.70. The second-order valence-electron chi connectivity index (χ2n) is 6.58. The van der Waals surface area contributed by atoms with Gasteiger partial charge in [-0.1, -0.05) is 0 Å². The first-order valence-corrected chi connectivity index (χ1v) is 8.88. The third-order valence-corrected chi connectivity index (χ3v) is 4.63. The highest BCUT2D eigenvalue weighted by Gasteiger charge is 2.16. The number of hydrogen-bond acceptors (Lipinski definition) is 7. The van der Waals surface area contributed by atoms with E-state index in [0.29, 0.717) is 11.5 Å². The molecule has 10 heteroatoms. The molecule has 1 aromatic carbocycles. The topological polar surface area (TPSA) is 120 Å². The lowest BCUT2D eigenvalue weighted by Crippen LogP contribution is -2.38. The number of rotatable bonds is 5. The molecule has 4 rings (SSSR count). The number of imidazole rings is 1. The molecule has 0 bridgehead atoms. The number of nitrogens with one attached hydrogen (secondary N) is 1. The first-order chi connectivity index (χ1) is 14.0. The van der Waals surface area contributed by atoms with E-state index in [1.54, 1.807) is 25.5 Å². The van der Waals surface area contributed by atoms with Crippen LogP contribution >= 0.6 is 0 Å². The summed E-state index contributed by atoms with van der Waals surface area (Å²) in [6.07, 6.45) is 3.81. The van der Waals surface area contributed by atoms with Crippen molar-refractivity contribution in [3.8, 4) is 11.4 Å². The molecule has 2 N–H and O–H groups in total. The third kappa shape index (κ3) is 3.41. The van der Waals surface area contributed by atoms with Crippen molar-refractivity contribution < 1.29 is 5.11 Å². The van der Waals surface area contributed by atoms with Crippen LogP contribution < -0.4 is 16.6 Å². The maximum absolute atomic E-state index is 12.5. The number of hydrogen-bond donors (Lipinski definition) is 2. The molecule has 0 aliphatic rings. The molecule has 29 heavy (non-hydrogen) atoms. The minimum Gasteiger partial charge on any atom is -0.372 e. The van der Waals surface area contributed by atoms with Crippen molar-refractivity contribution in [2.45, 2.75) is 12.8 Å². The Labute approximate surface area is 164 Å². The summed E-state index contributed by atoms with van der Waals surface area (Å²) in [6, 6.07) is 9.07. The molecule has 0 aliphatic carbocycles. The summed E-state index contributed by atoms with van der Waals surface area (Å²) in [5, 5.41) is 13.4. The highest BCUT2D eigenvalue weighted by atomic mass is 16.3. The molecule has 1 unspecified atom stereocenters. The van der Waals surface area contributed by atoms with Gasteiger partial charge in [-0.15, -0.1) is 0 Å². The van der Waals surface area contributed by atoms with Gasteiger partial charge in [0.1, 0.15) is 6.23 Å². The Bertz CT molecular complexity index is 1270. The van der Waals surface area contributed by atoms with E-state index in [0.717, 1.165) is 10.1 Å². The van der Waals surface area contributed by atoms with Gasteiger partial charge in [0.2, 0.25) is 0 Å². The number of aromatic nitrogens is 6. The van der Waals surface area contributed by atoms with Gasteiger partial charge in [-0.05, 0) is 30.3 Å². The minimum absolute atomic E-state index is 0.0769. The molecule has 0 amide bonds. The van der Waals surface area contributed by atoms with Crippen LogP contribution in [0.2, 0.25) is 0 Å². The van der Waals surface area contributed by atoms with Crippen molar-refractivity contribution >= 4 is 16.9 Å². The van der Waals surface area contributed by atoms with Crippen molar-refractivity contribution in [2.75, 3.05) is 5.32 Å². The quantitative estimate of drug-likeness (QED) is 0.469. The number of nitrogens with zero attached hydrogens (tertiary/aromatic N) is 6. The zero-order valence-corrected chi connectivity index (χ0v) is 15.9. The van der Waals surface area contributed by atoms with Crippen LogP contribution in [0.3, 0.4) is 0 Å². The Morgan fingerprint density at radius 3 is 2.41 bits per heavy atom. The maximum atomic E-state index is 12.5. The van der Waals surface area contributed by atoms with E-state index < -0.39 is 17.5 Å². The van der Waals surface area contributed by atoms with E-state index in [1.165, 1.54) is 22.5 Å². The lowest BCUT2D eigenvalue weighted by Gasteiger charge is -2.15. The summed E-state index contributed by atoms with van der Waals surface area (Å²) in [5.41, 5.74) is 1.18. The van der Waals surface area contributed by atoms with Gasteiger partial charge in [0.05, 0.1) is 12.9 Å². The van der Waals surface area contributed by atoms with E-state index in [9.17, 15) is 14.7 Å². The summed E-state index contributed by atoms with van der Waals surface area (Å²) in [5.74, 6) is 0.617. The Morgan fingerprint density at radius 1 is 1.03 bits per heavy atom. The van der Waals surface area contributed by atoms with Crippen molar-refractivity contribution in [1.29, 1.82) is 0 Å². The summed E-state index contributed by atoms with van der Waals surface area (Å²) < 4.78 is 3.85. The predicted octanol–water partition coefficient (Wildman–Crippen LogP) is 0.321. The fraction of sp³-hybridized carbons (Fsp3) is 0.211. The Balaban J connectivity index is 1.54. The molecule has 0 saturated carbocycles. The Morgan fingerprint density at radius 2 is 1.72 bits per heavy atom. The first-order valence-electron chi connectivity index (χ1n) is 8.88. The Hall–Kier alpha value is -3.79. The van der Waals surface area contributed by atoms with Gasteiger partial charge in [-0.3, -0.25) is 13.9 Å². The van der Waals surface area contributed by atoms with Gasteiger partial charge in [0.25, 0.3) is 5.56 Å². The van der Waals surface area contributed by atoms with Crippen molar-refractivity contribution in [2.24, 2.45) is 14.1 Å². The molecular weight excluding hydrogens is 374 g/mol. The van der Waals surface area contributed by atoms with E-state index in [2.05, 4.69) is 20.3 Å². The molecular formula is C19H19N7O3. The van der Waals surface area contributed by atoms with E-state index in [4.69, 9.17) is 0 Å². The SMILES string of the molecule is Cn1c(=O)c2c(ncn2CC(O)Nc2ccc(-c3ncccn3)cc2)n(C)c1=O. The average Bonchev–Trinajstić information content (AvgIpc) is 3.15. The molecule has 4 aromatic rings. The zero-order valence-electron chi connectivity index (χ0n) is 15.9. The average molecular weight is 393 g/mol. The molecule has 1 atom stereocenters. The number of anilines is 1. The second-order valence-corrected chi connectivity index (χ2v) is 6.58. The molecule has 0 spiro atoms. The van der Waals surface area contributed by atoms with Crippen molar-refractivity contribution in [3.63, 3.8) is 0 Å². The number of benzene rings is 1. The first kappa shape index (κ1) is 18.6. The minimum atomic E-state index is -0.979. The van der Waals surface area contributed by atoms with Crippen LogP contribution in [0, 0.1) is 0 Å². The molecule has 0 aliphatic heterocycles. The molecule has 148 valence electrons. The zero-order chi connectivity index (χ0) is 20.5. The van der Waals surface area contributed by atoms with Gasteiger partial charge in [0, 0.05) is 37.7 Å². The summed E-state index contributed by atoms with van der Waals surface area (Å²) >= 11 is 0. The lowest BCUT2D eigenvalue weighted by atomic mass is 10.2. The van der Waals surface area contributed by atoms with Crippen LogP contribution in [-0.4, -0.2) is 40.0 Å². The van der Waals surface area contributed by atoms with Crippen LogP contribution in [0.1, 0.15) is 0 Å². The van der Waals surface area contributed by atoms with Gasteiger partial charge >= 0.3 is 5.69 Å². The number of aliphatic hydroxyl groups is 1. The summed E-state index contributed by atoms with van der Waals surface area (Å²) in [4.78, 5) is 37.0. The third-order valence-electron chi connectivity index (χ3n) is 4.63. The van der Waals surface area contributed by atoms with E-state index in [1.807, 2.05) is 24.3 Å². The van der Waals surface area contributed by atoms with Crippen molar-refractivity contribution in [1.82, 2.24) is 28.7 Å². The largest absolute Gasteiger partial charge is 0.372 e. The van der Waals surface area contributed by atoms with Crippen LogP contribution in [0.15, 0.2) is 58.6 Å². The van der Waals surface area contributed by atoms with Gasteiger partial charge in [0.15, 0.2) is 17.0 Å². The van der Waals surface area contributed by atoms with Gasteiger partial charge in [-0.25, -0.2) is 19.7 Å². The Kier molecular flexibility index (Phi) is 4.69. The van der Waals surface area contributed by atoms with Crippen molar-refractivity contribution in [3.05, 3.63) is 69.9 Å². The second kappa shape index (κ2) is 7.32.